The summed E-state index contributed by atoms with van der Waals surface area (Å²) in [6.07, 6.45) is -0.374. The number of nitrogens with zero attached hydrogens (tertiary/aromatic N) is 4. The minimum Gasteiger partial charge on any atom is -0.383 e. The van der Waals surface area contributed by atoms with E-state index in [1.54, 1.807) is 6.92 Å². The zero-order chi connectivity index (χ0) is 22.8. The Balaban J connectivity index is 1.76. The van der Waals surface area contributed by atoms with Crippen LogP contribution in [0, 0.1) is 0 Å². The highest BCUT2D eigenvalue weighted by Gasteiger charge is 2.32. The van der Waals surface area contributed by atoms with Gasteiger partial charge in [0, 0.05) is 18.9 Å². The number of halogens is 3. The van der Waals surface area contributed by atoms with E-state index in [0.717, 1.165) is 16.8 Å². The van der Waals surface area contributed by atoms with Crippen LogP contribution in [0.1, 0.15) is 35.0 Å². The highest BCUT2D eigenvalue weighted by molar-refractivity contribution is 6.05. The van der Waals surface area contributed by atoms with Crippen molar-refractivity contribution in [1.82, 2.24) is 24.3 Å². The van der Waals surface area contributed by atoms with Crippen LogP contribution < -0.4 is 22.3 Å². The fourth-order valence-electron chi connectivity index (χ4n) is 2.76. The number of hydrogen-bond acceptors (Lipinski definition) is 6. The number of amides is 1. The van der Waals surface area contributed by atoms with Gasteiger partial charge in [-0.2, -0.15) is 18.3 Å². The largest absolute Gasteiger partial charge is 0.433 e. The van der Waals surface area contributed by atoms with Crippen molar-refractivity contribution in [3.05, 3.63) is 68.4 Å². The zero-order valence-electron chi connectivity index (χ0n) is 16.2. The van der Waals surface area contributed by atoms with Gasteiger partial charge < -0.3 is 11.1 Å². The van der Waals surface area contributed by atoms with Crippen LogP contribution in [0.15, 0.2) is 40.3 Å². The van der Waals surface area contributed by atoms with Crippen molar-refractivity contribution in [2.24, 2.45) is 0 Å². The lowest BCUT2D eigenvalue weighted by Gasteiger charge is -2.09. The molecule has 0 unspecified atom stereocenters. The summed E-state index contributed by atoms with van der Waals surface area (Å²) < 4.78 is 40.0. The van der Waals surface area contributed by atoms with Crippen LogP contribution in [0.5, 0.6) is 0 Å². The molecule has 0 radical (unpaired) electrons. The highest BCUT2D eigenvalue weighted by atomic mass is 19.4. The van der Waals surface area contributed by atoms with E-state index < -0.39 is 29.0 Å². The Morgan fingerprint density at radius 2 is 2.00 bits per heavy atom. The molecule has 0 aromatic carbocycles. The lowest BCUT2D eigenvalue weighted by molar-refractivity contribution is -0.141. The molecule has 1 amide bonds. The number of pyridine rings is 1. The lowest BCUT2D eigenvalue weighted by Crippen LogP contribution is -2.38. The second-order valence-electron chi connectivity index (χ2n) is 6.61. The predicted octanol–water partition coefficient (Wildman–Crippen LogP) is 1.44. The molecule has 0 aliphatic heterocycles. The zero-order valence-corrected chi connectivity index (χ0v) is 16.2. The summed E-state index contributed by atoms with van der Waals surface area (Å²) >= 11 is 0. The van der Waals surface area contributed by atoms with Crippen molar-refractivity contribution in [2.75, 3.05) is 11.1 Å². The molecule has 0 spiro atoms. The summed E-state index contributed by atoms with van der Waals surface area (Å²) in [5.41, 5.74) is 3.50. The normalized spacial score (nSPS) is 11.5. The summed E-state index contributed by atoms with van der Waals surface area (Å²) in [6.45, 7) is 2.00. The van der Waals surface area contributed by atoms with Gasteiger partial charge in [-0.25, -0.2) is 4.79 Å². The molecule has 0 saturated heterocycles. The number of aromatic amines is 1. The topological polar surface area (TPSA) is 141 Å². The molecule has 0 aliphatic carbocycles. The number of hydrogen-bond donors (Lipinski definition) is 3. The molecular formula is C18H18F3N7O3. The molecule has 3 aromatic heterocycles. The van der Waals surface area contributed by atoms with Crippen molar-refractivity contribution < 1.29 is 18.0 Å². The predicted molar refractivity (Wildman–Crippen MR) is 105 cm³/mol. The van der Waals surface area contributed by atoms with Gasteiger partial charge in [0.25, 0.3) is 11.5 Å². The van der Waals surface area contributed by atoms with Crippen LogP contribution in [0.25, 0.3) is 0 Å². The lowest BCUT2D eigenvalue weighted by atomic mass is 10.2. The molecule has 10 nitrogen and oxygen atoms in total. The third-order valence-corrected chi connectivity index (χ3v) is 4.26. The molecule has 164 valence electrons. The van der Waals surface area contributed by atoms with E-state index in [1.165, 1.54) is 23.1 Å². The summed E-state index contributed by atoms with van der Waals surface area (Å²) in [4.78, 5) is 42.5. The maximum atomic E-state index is 12.6. The van der Waals surface area contributed by atoms with Crippen LogP contribution in [0.4, 0.5) is 24.7 Å². The summed E-state index contributed by atoms with van der Waals surface area (Å²) in [5, 5.41) is 6.35. The second-order valence-corrected chi connectivity index (χ2v) is 6.61. The molecule has 3 aromatic rings. The monoisotopic (exact) mass is 437 g/mol. The maximum absolute atomic E-state index is 12.6. The third kappa shape index (κ3) is 4.82. The van der Waals surface area contributed by atoms with E-state index in [0.29, 0.717) is 12.0 Å². The number of nitrogens with two attached hydrogens (primary N) is 1. The van der Waals surface area contributed by atoms with Gasteiger partial charge in [-0.3, -0.25) is 28.8 Å². The van der Waals surface area contributed by atoms with Gasteiger partial charge in [0.2, 0.25) is 0 Å². The number of carbonyl (C=O) groups excluding carboxylic acids is 1. The molecule has 0 atom stereocenters. The van der Waals surface area contributed by atoms with Crippen molar-refractivity contribution in [1.29, 1.82) is 0 Å². The van der Waals surface area contributed by atoms with E-state index in [-0.39, 0.29) is 30.2 Å². The van der Waals surface area contributed by atoms with Crippen LogP contribution in [-0.4, -0.2) is 30.2 Å². The molecular weight excluding hydrogens is 419 g/mol. The minimum absolute atomic E-state index is 0.0719. The Morgan fingerprint density at radius 3 is 2.61 bits per heavy atom. The van der Waals surface area contributed by atoms with Gasteiger partial charge in [-0.1, -0.05) is 13.0 Å². The van der Waals surface area contributed by atoms with E-state index in [1.807, 2.05) is 0 Å². The maximum Gasteiger partial charge on any atom is 0.433 e. The molecule has 3 heterocycles. The first-order chi connectivity index (χ1) is 14.6. The van der Waals surface area contributed by atoms with Crippen molar-refractivity contribution in [3.63, 3.8) is 0 Å². The minimum atomic E-state index is -4.53. The fourth-order valence-corrected chi connectivity index (χ4v) is 2.76. The number of aromatic nitrogens is 5. The smallest absolute Gasteiger partial charge is 0.383 e. The molecule has 3 rings (SSSR count). The second kappa shape index (κ2) is 8.45. The first-order valence-corrected chi connectivity index (χ1v) is 9.08. The van der Waals surface area contributed by atoms with Crippen LogP contribution in [0.2, 0.25) is 0 Å². The van der Waals surface area contributed by atoms with Gasteiger partial charge in [0.1, 0.15) is 17.2 Å². The number of rotatable bonds is 6. The van der Waals surface area contributed by atoms with Gasteiger partial charge in [-0.05, 0) is 18.1 Å². The number of nitrogen functional groups attached to an aromatic ring is 1. The summed E-state index contributed by atoms with van der Waals surface area (Å²) in [5.74, 6) is -0.977. The van der Waals surface area contributed by atoms with E-state index >= 15 is 0 Å². The molecule has 0 bridgehead atoms. The number of H-pyrrole nitrogens is 1. The van der Waals surface area contributed by atoms with Crippen molar-refractivity contribution in [2.45, 2.75) is 32.6 Å². The first-order valence-electron chi connectivity index (χ1n) is 9.08. The number of nitrogens with one attached hydrogen (secondary N) is 2. The number of carbonyl (C=O) groups is 1. The Hall–Kier alpha value is -3.90. The Labute approximate surface area is 172 Å². The Bertz CT molecular complexity index is 1210. The van der Waals surface area contributed by atoms with Gasteiger partial charge in [0.05, 0.1) is 18.3 Å². The average Bonchev–Trinajstić information content (AvgIpc) is 3.16. The molecule has 31 heavy (non-hydrogen) atoms. The van der Waals surface area contributed by atoms with E-state index in [9.17, 15) is 27.6 Å². The quantitative estimate of drug-likeness (QED) is 0.533. The van der Waals surface area contributed by atoms with E-state index in [2.05, 4.69) is 20.4 Å². The first kappa shape index (κ1) is 21.8. The average molecular weight is 437 g/mol. The van der Waals surface area contributed by atoms with E-state index in [4.69, 9.17) is 5.73 Å². The number of anilines is 2. The summed E-state index contributed by atoms with van der Waals surface area (Å²) in [7, 11) is 0. The molecule has 0 aliphatic rings. The third-order valence-electron chi connectivity index (χ3n) is 4.26. The molecule has 4 N–H and O–H groups in total. The number of alkyl halides is 3. The summed E-state index contributed by atoms with van der Waals surface area (Å²) in [6, 6.07) is 2.11. The highest BCUT2D eigenvalue weighted by Crippen LogP contribution is 2.27. The van der Waals surface area contributed by atoms with Crippen LogP contribution >= 0.6 is 0 Å². The van der Waals surface area contributed by atoms with Crippen molar-refractivity contribution >= 4 is 17.4 Å². The van der Waals surface area contributed by atoms with Gasteiger partial charge in [-0.15, -0.1) is 0 Å². The van der Waals surface area contributed by atoms with Gasteiger partial charge >= 0.3 is 11.9 Å². The van der Waals surface area contributed by atoms with Crippen molar-refractivity contribution in [3.8, 4) is 0 Å². The van der Waals surface area contributed by atoms with Crippen LogP contribution in [-0.2, 0) is 19.3 Å². The molecule has 0 saturated carbocycles. The standard InChI is InChI=1S/C18H18F3N7O3/c1-2-5-28-16(30)13(14(22)26-17(28)31)25-15(29)11-7-24-27(9-11)8-10-3-4-12(23-6-10)18(19,20)21/h3-4,6-7,9H,2,5,8,22H2,1H3,(H,25,29)(H,26,31). The Morgan fingerprint density at radius 1 is 1.26 bits per heavy atom. The molecule has 13 heteroatoms. The molecule has 0 fully saturated rings. The SMILES string of the molecule is CCCn1c(=O)[nH]c(N)c(NC(=O)c2cnn(Cc3ccc(C(F)(F)F)nc3)c2)c1=O. The fraction of sp³-hybridized carbons (Fsp3) is 0.278. The van der Waals surface area contributed by atoms with Gasteiger partial charge in [0.15, 0.2) is 0 Å². The Kier molecular flexibility index (Phi) is 5.95. The van der Waals surface area contributed by atoms with Crippen LogP contribution in [0.3, 0.4) is 0 Å².